The Morgan fingerprint density at radius 3 is 2.56 bits per heavy atom. The van der Waals surface area contributed by atoms with E-state index < -0.39 is 29.0 Å². The van der Waals surface area contributed by atoms with Crippen molar-refractivity contribution in [1.29, 1.82) is 0 Å². The van der Waals surface area contributed by atoms with Gasteiger partial charge in [0.1, 0.15) is 5.71 Å². The number of hydrazone groups is 1. The molecule has 5 nitrogen and oxygen atoms in total. The lowest BCUT2D eigenvalue weighted by Gasteiger charge is -2.24. The molecule has 2 aromatic rings. The standard InChI is InChI=1S/C19H16F3N3O2/c1-10-3-4-11(2)15(9-10)25-16(26)8-7-14(24-25)19(27)23-13-6-5-12(20)17(21)18(13)22/h3-6,9H,7-8H2,1-2H3,(H,23,27). The van der Waals surface area contributed by atoms with Crippen LogP contribution in [0.2, 0.25) is 0 Å². The Labute approximate surface area is 153 Å². The van der Waals surface area contributed by atoms with E-state index in [4.69, 9.17) is 0 Å². The summed E-state index contributed by atoms with van der Waals surface area (Å²) in [6, 6.07) is 7.12. The van der Waals surface area contributed by atoms with Crippen molar-refractivity contribution in [2.75, 3.05) is 10.3 Å². The number of nitrogens with zero attached hydrogens (tertiary/aromatic N) is 2. The van der Waals surface area contributed by atoms with Crippen LogP contribution in [0.5, 0.6) is 0 Å². The normalized spacial score (nSPS) is 14.2. The van der Waals surface area contributed by atoms with Crippen molar-refractivity contribution in [2.24, 2.45) is 5.10 Å². The Balaban J connectivity index is 1.90. The van der Waals surface area contributed by atoms with Crippen LogP contribution < -0.4 is 10.3 Å². The van der Waals surface area contributed by atoms with E-state index in [9.17, 15) is 22.8 Å². The number of hydrogen-bond acceptors (Lipinski definition) is 3. The van der Waals surface area contributed by atoms with Gasteiger partial charge in [-0.15, -0.1) is 0 Å². The fraction of sp³-hybridized carbons (Fsp3) is 0.211. The molecule has 3 rings (SSSR count). The molecule has 1 aliphatic heterocycles. The highest BCUT2D eigenvalue weighted by molar-refractivity contribution is 6.44. The number of aryl methyl sites for hydroxylation is 2. The summed E-state index contributed by atoms with van der Waals surface area (Å²) in [6.45, 7) is 3.67. The summed E-state index contributed by atoms with van der Waals surface area (Å²) < 4.78 is 40.1. The van der Waals surface area contributed by atoms with Crippen molar-refractivity contribution in [3.8, 4) is 0 Å². The summed E-state index contributed by atoms with van der Waals surface area (Å²) in [5.41, 5.74) is 1.74. The SMILES string of the molecule is Cc1ccc(C)c(N2N=C(C(=O)Nc3ccc(F)c(F)c3F)CCC2=O)c1. The molecule has 0 unspecified atom stereocenters. The van der Waals surface area contributed by atoms with Crippen LogP contribution in [0.15, 0.2) is 35.4 Å². The van der Waals surface area contributed by atoms with E-state index in [2.05, 4.69) is 10.4 Å². The van der Waals surface area contributed by atoms with Crippen molar-refractivity contribution in [1.82, 2.24) is 0 Å². The lowest BCUT2D eigenvalue weighted by atomic mass is 10.1. The third kappa shape index (κ3) is 3.69. The molecule has 1 aliphatic rings. The maximum absolute atomic E-state index is 13.8. The molecule has 2 aromatic carbocycles. The van der Waals surface area contributed by atoms with Crippen LogP contribution in [0.4, 0.5) is 24.5 Å². The van der Waals surface area contributed by atoms with Gasteiger partial charge in [0.05, 0.1) is 11.4 Å². The second-order valence-electron chi connectivity index (χ2n) is 6.22. The highest BCUT2D eigenvalue weighted by Crippen LogP contribution is 2.26. The van der Waals surface area contributed by atoms with Gasteiger partial charge in [-0.3, -0.25) is 9.59 Å². The molecular formula is C19H16F3N3O2. The molecule has 1 heterocycles. The van der Waals surface area contributed by atoms with Crippen LogP contribution in [0, 0.1) is 31.3 Å². The highest BCUT2D eigenvalue weighted by Gasteiger charge is 2.27. The Morgan fingerprint density at radius 1 is 1.07 bits per heavy atom. The van der Waals surface area contributed by atoms with Crippen LogP contribution in [0.1, 0.15) is 24.0 Å². The average Bonchev–Trinajstić information content (AvgIpc) is 2.64. The van der Waals surface area contributed by atoms with Gasteiger partial charge >= 0.3 is 0 Å². The van der Waals surface area contributed by atoms with E-state index >= 15 is 0 Å². The molecule has 0 atom stereocenters. The predicted molar refractivity (Wildman–Crippen MR) is 95.0 cm³/mol. The molecule has 27 heavy (non-hydrogen) atoms. The molecule has 0 saturated carbocycles. The first kappa shape index (κ1) is 18.6. The summed E-state index contributed by atoms with van der Waals surface area (Å²) >= 11 is 0. The monoisotopic (exact) mass is 375 g/mol. The van der Waals surface area contributed by atoms with Crippen molar-refractivity contribution in [3.05, 3.63) is 58.9 Å². The Hall–Kier alpha value is -3.16. The van der Waals surface area contributed by atoms with Gasteiger partial charge in [0.15, 0.2) is 17.5 Å². The van der Waals surface area contributed by atoms with Crippen LogP contribution in [0.25, 0.3) is 0 Å². The summed E-state index contributed by atoms with van der Waals surface area (Å²) in [5.74, 6) is -5.60. The molecule has 0 bridgehead atoms. The summed E-state index contributed by atoms with van der Waals surface area (Å²) in [7, 11) is 0. The molecule has 0 saturated heterocycles. The van der Waals surface area contributed by atoms with Gasteiger partial charge in [-0.05, 0) is 43.2 Å². The molecule has 0 aliphatic carbocycles. The Kier molecular flexibility index (Phi) is 4.98. The first-order valence-corrected chi connectivity index (χ1v) is 8.20. The fourth-order valence-corrected chi connectivity index (χ4v) is 2.67. The van der Waals surface area contributed by atoms with Crippen LogP contribution in [-0.2, 0) is 9.59 Å². The molecule has 140 valence electrons. The van der Waals surface area contributed by atoms with E-state index in [0.29, 0.717) is 11.8 Å². The summed E-state index contributed by atoms with van der Waals surface area (Å²) in [5, 5.41) is 7.41. The molecule has 2 amide bonds. The Bertz CT molecular complexity index is 973. The molecule has 8 heteroatoms. The molecule has 0 spiro atoms. The van der Waals surface area contributed by atoms with E-state index in [1.165, 1.54) is 0 Å². The van der Waals surface area contributed by atoms with Gasteiger partial charge in [0, 0.05) is 12.8 Å². The van der Waals surface area contributed by atoms with Gasteiger partial charge in [-0.25, -0.2) is 18.2 Å². The zero-order valence-electron chi connectivity index (χ0n) is 14.6. The van der Waals surface area contributed by atoms with Gasteiger partial charge in [0.25, 0.3) is 5.91 Å². The second-order valence-corrected chi connectivity index (χ2v) is 6.22. The maximum Gasteiger partial charge on any atom is 0.271 e. The van der Waals surface area contributed by atoms with Crippen molar-refractivity contribution < 1.29 is 22.8 Å². The lowest BCUT2D eigenvalue weighted by molar-refractivity contribution is -0.118. The number of benzene rings is 2. The first-order chi connectivity index (χ1) is 12.8. The number of carbonyl (C=O) groups excluding carboxylic acids is 2. The summed E-state index contributed by atoms with van der Waals surface area (Å²) in [4.78, 5) is 24.6. The van der Waals surface area contributed by atoms with Gasteiger partial charge in [0.2, 0.25) is 5.91 Å². The summed E-state index contributed by atoms with van der Waals surface area (Å²) in [6.07, 6.45) is 0.0945. The minimum Gasteiger partial charge on any atom is -0.318 e. The molecule has 1 N–H and O–H groups in total. The number of rotatable bonds is 3. The molecular weight excluding hydrogens is 359 g/mol. The van der Waals surface area contributed by atoms with Gasteiger partial charge in [-0.1, -0.05) is 12.1 Å². The van der Waals surface area contributed by atoms with Gasteiger partial charge < -0.3 is 5.32 Å². The number of nitrogens with one attached hydrogen (secondary N) is 1. The number of amides is 2. The quantitative estimate of drug-likeness (QED) is 0.829. The number of halogens is 3. The van der Waals surface area contributed by atoms with E-state index in [0.717, 1.165) is 22.2 Å². The van der Waals surface area contributed by atoms with E-state index in [1.807, 2.05) is 26.0 Å². The highest BCUT2D eigenvalue weighted by atomic mass is 19.2. The average molecular weight is 375 g/mol. The minimum absolute atomic E-state index is 0.0142. The molecule has 0 fully saturated rings. The largest absolute Gasteiger partial charge is 0.318 e. The zero-order valence-corrected chi connectivity index (χ0v) is 14.6. The van der Waals surface area contributed by atoms with E-state index in [1.54, 1.807) is 6.07 Å². The van der Waals surface area contributed by atoms with Crippen molar-refractivity contribution in [2.45, 2.75) is 26.7 Å². The third-order valence-corrected chi connectivity index (χ3v) is 4.17. The lowest BCUT2D eigenvalue weighted by Crippen LogP contribution is -2.36. The number of hydrogen-bond donors (Lipinski definition) is 1. The first-order valence-electron chi connectivity index (χ1n) is 8.20. The predicted octanol–water partition coefficient (Wildman–Crippen LogP) is 3.84. The van der Waals surface area contributed by atoms with Crippen molar-refractivity contribution >= 4 is 28.9 Å². The smallest absolute Gasteiger partial charge is 0.271 e. The number of carbonyl (C=O) groups is 2. The van der Waals surface area contributed by atoms with Gasteiger partial charge in [-0.2, -0.15) is 5.10 Å². The maximum atomic E-state index is 13.8. The van der Waals surface area contributed by atoms with Crippen LogP contribution in [0.3, 0.4) is 0 Å². The topological polar surface area (TPSA) is 61.8 Å². The van der Waals surface area contributed by atoms with Crippen LogP contribution >= 0.6 is 0 Å². The zero-order chi connectivity index (χ0) is 19.7. The van der Waals surface area contributed by atoms with E-state index in [-0.39, 0.29) is 24.5 Å². The fourth-order valence-electron chi connectivity index (χ4n) is 2.67. The van der Waals surface area contributed by atoms with Crippen LogP contribution in [-0.4, -0.2) is 17.5 Å². The third-order valence-electron chi connectivity index (χ3n) is 4.17. The Morgan fingerprint density at radius 2 is 1.81 bits per heavy atom. The second kappa shape index (κ2) is 7.22. The van der Waals surface area contributed by atoms with Crippen molar-refractivity contribution in [3.63, 3.8) is 0 Å². The molecule has 0 radical (unpaired) electrons. The minimum atomic E-state index is -1.68. The number of anilines is 2. The molecule has 0 aromatic heterocycles.